The highest BCUT2D eigenvalue weighted by molar-refractivity contribution is 7.54. The zero-order chi connectivity index (χ0) is 16.5. The molecule has 2 atom stereocenters. The minimum Gasteiger partial charge on any atom is -0.305 e. The second kappa shape index (κ2) is 11.0. The van der Waals surface area contributed by atoms with E-state index >= 15 is 0 Å². The number of alkyl halides is 2. The Morgan fingerprint density at radius 2 is 1.62 bits per heavy atom. The summed E-state index contributed by atoms with van der Waals surface area (Å²) in [5, 5.41) is 0. The van der Waals surface area contributed by atoms with Gasteiger partial charge in [0.1, 0.15) is 5.78 Å². The molecular formula is C13H27Cl2N2O3P. The summed E-state index contributed by atoms with van der Waals surface area (Å²) in [7, 11) is -3.22. The lowest BCUT2D eigenvalue weighted by Crippen LogP contribution is -2.36. The number of rotatable bonds is 12. The van der Waals surface area contributed by atoms with Crippen LogP contribution in [0.2, 0.25) is 0 Å². The Morgan fingerprint density at radius 3 is 1.95 bits per heavy atom. The molecule has 0 fully saturated rings. The summed E-state index contributed by atoms with van der Waals surface area (Å²) in [5.41, 5.74) is 0. The lowest BCUT2D eigenvalue weighted by molar-refractivity contribution is -0.121. The molecule has 0 aliphatic carbocycles. The van der Waals surface area contributed by atoms with Gasteiger partial charge >= 0.3 is 7.67 Å². The van der Waals surface area contributed by atoms with Crippen molar-refractivity contribution in [2.24, 2.45) is 5.92 Å². The molecule has 0 saturated carbocycles. The molecule has 0 rings (SSSR count). The average molecular weight is 361 g/mol. The van der Waals surface area contributed by atoms with Gasteiger partial charge in [-0.1, -0.05) is 20.8 Å². The van der Waals surface area contributed by atoms with Crippen LogP contribution in [0.15, 0.2) is 0 Å². The van der Waals surface area contributed by atoms with E-state index in [1.54, 1.807) is 16.3 Å². The van der Waals surface area contributed by atoms with E-state index in [2.05, 4.69) is 0 Å². The maximum Gasteiger partial charge on any atom is 0.346 e. The van der Waals surface area contributed by atoms with Crippen LogP contribution in [0.1, 0.15) is 27.7 Å². The van der Waals surface area contributed by atoms with E-state index in [-0.39, 0.29) is 18.3 Å². The second-order valence-corrected chi connectivity index (χ2v) is 7.90. The Balaban J connectivity index is 5.23. The van der Waals surface area contributed by atoms with Crippen LogP contribution >= 0.6 is 30.9 Å². The van der Waals surface area contributed by atoms with Gasteiger partial charge in [0, 0.05) is 43.9 Å². The van der Waals surface area contributed by atoms with E-state index in [0.717, 1.165) is 0 Å². The van der Waals surface area contributed by atoms with Crippen molar-refractivity contribution < 1.29 is 13.9 Å². The predicted octanol–water partition coefficient (Wildman–Crippen LogP) is 3.46. The Morgan fingerprint density at radius 1 is 1.14 bits per heavy atom. The van der Waals surface area contributed by atoms with Gasteiger partial charge in [-0.05, 0) is 6.92 Å². The fourth-order valence-corrected chi connectivity index (χ4v) is 4.98. The molecule has 0 spiro atoms. The molecule has 0 aromatic rings. The largest absolute Gasteiger partial charge is 0.346 e. The molecule has 0 saturated heterocycles. The molecule has 0 aliphatic rings. The molecular weight excluding hydrogens is 334 g/mol. The van der Waals surface area contributed by atoms with Crippen molar-refractivity contribution in [2.45, 2.75) is 27.7 Å². The van der Waals surface area contributed by atoms with E-state index in [1.807, 2.05) is 13.8 Å². The molecule has 126 valence electrons. The van der Waals surface area contributed by atoms with Crippen molar-refractivity contribution in [2.75, 3.05) is 44.5 Å². The quantitative estimate of drug-likeness (QED) is 0.394. The van der Waals surface area contributed by atoms with Gasteiger partial charge < -0.3 is 4.52 Å². The molecule has 0 aromatic heterocycles. The standard InChI is InChI=1S/C13H27Cl2N2O3P/c1-5-16(6-2)21(19,17(9-7-14)10-8-15)20-11-12(3)13(4)18/h12H,5-11H2,1-4H3. The summed E-state index contributed by atoms with van der Waals surface area (Å²) in [4.78, 5) is 11.4. The molecule has 0 heterocycles. The summed E-state index contributed by atoms with van der Waals surface area (Å²) in [6.07, 6.45) is 0. The highest BCUT2D eigenvalue weighted by Gasteiger charge is 2.37. The first kappa shape index (κ1) is 21.4. The van der Waals surface area contributed by atoms with Crippen molar-refractivity contribution in [3.63, 3.8) is 0 Å². The Kier molecular flexibility index (Phi) is 11.2. The van der Waals surface area contributed by atoms with Crippen LogP contribution in [0, 0.1) is 5.92 Å². The van der Waals surface area contributed by atoms with Crippen LogP contribution in [-0.2, 0) is 13.9 Å². The SMILES string of the molecule is CCN(CC)P(=O)(OCC(C)C(C)=O)N(CCCl)CCCl. The minimum atomic E-state index is -3.22. The number of carbonyl (C=O) groups is 1. The summed E-state index contributed by atoms with van der Waals surface area (Å²) in [6.45, 7) is 9.28. The number of ketones is 1. The van der Waals surface area contributed by atoms with Crippen molar-refractivity contribution in [1.82, 2.24) is 9.34 Å². The van der Waals surface area contributed by atoms with Crippen molar-refractivity contribution in [3.05, 3.63) is 0 Å². The second-order valence-electron chi connectivity index (χ2n) is 4.77. The fraction of sp³-hybridized carbons (Fsp3) is 0.923. The average Bonchev–Trinajstić information content (AvgIpc) is 2.45. The predicted molar refractivity (Wildman–Crippen MR) is 89.3 cm³/mol. The molecule has 0 radical (unpaired) electrons. The van der Waals surface area contributed by atoms with Crippen LogP contribution in [0.4, 0.5) is 0 Å². The minimum absolute atomic E-state index is 0.0160. The first-order valence-corrected chi connectivity index (χ1v) is 9.85. The third kappa shape index (κ3) is 6.55. The number of carbonyl (C=O) groups excluding carboxylic acids is 1. The molecule has 0 bridgehead atoms. The first-order chi connectivity index (χ1) is 9.87. The van der Waals surface area contributed by atoms with Gasteiger partial charge in [-0.3, -0.25) is 9.36 Å². The highest BCUT2D eigenvalue weighted by Crippen LogP contribution is 2.54. The number of halogens is 2. The van der Waals surface area contributed by atoms with Gasteiger partial charge in [0.15, 0.2) is 0 Å². The van der Waals surface area contributed by atoms with E-state index in [1.165, 1.54) is 6.92 Å². The van der Waals surface area contributed by atoms with Crippen molar-refractivity contribution in [1.29, 1.82) is 0 Å². The van der Waals surface area contributed by atoms with Gasteiger partial charge in [-0.2, -0.15) is 0 Å². The van der Waals surface area contributed by atoms with Crippen LogP contribution in [0.3, 0.4) is 0 Å². The zero-order valence-electron chi connectivity index (χ0n) is 13.3. The third-order valence-electron chi connectivity index (χ3n) is 3.32. The maximum atomic E-state index is 13.4. The molecule has 0 amide bonds. The fourth-order valence-electron chi connectivity index (χ4n) is 1.81. The van der Waals surface area contributed by atoms with Crippen molar-refractivity contribution >= 4 is 36.7 Å². The van der Waals surface area contributed by atoms with Gasteiger partial charge in [0.05, 0.1) is 6.61 Å². The molecule has 0 aromatic carbocycles. The molecule has 0 aliphatic heterocycles. The van der Waals surface area contributed by atoms with Crippen LogP contribution in [-0.4, -0.2) is 59.7 Å². The zero-order valence-corrected chi connectivity index (χ0v) is 15.8. The van der Waals surface area contributed by atoms with Crippen LogP contribution in [0.25, 0.3) is 0 Å². The van der Waals surface area contributed by atoms with Gasteiger partial charge in [-0.25, -0.2) is 9.34 Å². The smallest absolute Gasteiger partial charge is 0.305 e. The lowest BCUT2D eigenvalue weighted by atomic mass is 10.1. The van der Waals surface area contributed by atoms with E-state index in [0.29, 0.717) is 37.9 Å². The van der Waals surface area contributed by atoms with Crippen LogP contribution < -0.4 is 0 Å². The summed E-state index contributed by atoms with van der Waals surface area (Å²) < 4.78 is 22.6. The first-order valence-electron chi connectivity index (χ1n) is 7.25. The topological polar surface area (TPSA) is 49.9 Å². The molecule has 2 unspecified atom stereocenters. The Labute approximate surface area is 138 Å². The molecule has 8 heteroatoms. The molecule has 0 N–H and O–H groups in total. The van der Waals surface area contributed by atoms with Gasteiger partial charge in [-0.15, -0.1) is 23.2 Å². The van der Waals surface area contributed by atoms with E-state index in [9.17, 15) is 9.36 Å². The summed E-state index contributed by atoms with van der Waals surface area (Å²) in [5.74, 6) is 0.409. The number of hydrogen-bond donors (Lipinski definition) is 0. The monoisotopic (exact) mass is 360 g/mol. The normalized spacial score (nSPS) is 16.2. The summed E-state index contributed by atoms with van der Waals surface area (Å²) in [6, 6.07) is 0. The van der Waals surface area contributed by atoms with Crippen molar-refractivity contribution in [3.8, 4) is 0 Å². The number of Topliss-reactive ketones (excluding diaryl/α,β-unsaturated/α-hetero) is 1. The lowest BCUT2D eigenvalue weighted by Gasteiger charge is -2.37. The number of nitrogens with zero attached hydrogens (tertiary/aromatic N) is 2. The van der Waals surface area contributed by atoms with E-state index < -0.39 is 7.67 Å². The Hall–Kier alpha value is 0.360. The summed E-state index contributed by atoms with van der Waals surface area (Å²) >= 11 is 11.6. The molecule has 21 heavy (non-hydrogen) atoms. The highest BCUT2D eigenvalue weighted by atomic mass is 35.5. The Bertz CT molecular complexity index is 348. The van der Waals surface area contributed by atoms with Gasteiger partial charge in [0.2, 0.25) is 0 Å². The molecule has 5 nitrogen and oxygen atoms in total. The third-order valence-corrected chi connectivity index (χ3v) is 6.54. The van der Waals surface area contributed by atoms with Gasteiger partial charge in [0.25, 0.3) is 0 Å². The van der Waals surface area contributed by atoms with Crippen LogP contribution in [0.5, 0.6) is 0 Å². The number of hydrogen-bond acceptors (Lipinski definition) is 3. The van der Waals surface area contributed by atoms with E-state index in [4.69, 9.17) is 27.7 Å². The maximum absolute atomic E-state index is 13.4.